The zero-order valence-corrected chi connectivity index (χ0v) is 8.92. The van der Waals surface area contributed by atoms with Crippen molar-refractivity contribution in [2.45, 2.75) is 46.5 Å². The summed E-state index contributed by atoms with van der Waals surface area (Å²) in [6.07, 6.45) is 4.24. The molecule has 78 valence electrons. The molecule has 0 atom stereocenters. The minimum atomic E-state index is -1.62. The van der Waals surface area contributed by atoms with Gasteiger partial charge in [0.15, 0.2) is 0 Å². The van der Waals surface area contributed by atoms with Gasteiger partial charge in [0.05, 0.1) is 0 Å². The first-order valence-corrected chi connectivity index (χ1v) is 5.08. The van der Waals surface area contributed by atoms with E-state index >= 15 is 0 Å². The highest BCUT2D eigenvalue weighted by Crippen LogP contribution is 2.33. The van der Waals surface area contributed by atoms with Crippen LogP contribution in [0.1, 0.15) is 46.5 Å². The van der Waals surface area contributed by atoms with Gasteiger partial charge in [-0.25, -0.2) is 0 Å². The molecule has 3 nitrogen and oxygen atoms in total. The molecule has 13 heavy (non-hydrogen) atoms. The van der Waals surface area contributed by atoms with Gasteiger partial charge in [-0.3, -0.25) is 0 Å². The standard InChI is InChI=1S/C9H21BO3/c1-4-9(5-2,6-3)7-8-13-10(11)12/h11-12H,4-8H2,1-3H3. The van der Waals surface area contributed by atoms with Crippen LogP contribution in [0.3, 0.4) is 0 Å². The van der Waals surface area contributed by atoms with E-state index in [0.29, 0.717) is 12.0 Å². The van der Waals surface area contributed by atoms with Crippen LogP contribution in [0.5, 0.6) is 0 Å². The van der Waals surface area contributed by atoms with E-state index in [1.165, 1.54) is 0 Å². The lowest BCUT2D eigenvalue weighted by molar-refractivity contribution is 0.131. The SMILES string of the molecule is CCC(CC)(CC)CCOB(O)O. The van der Waals surface area contributed by atoms with Gasteiger partial charge in [0.25, 0.3) is 0 Å². The molecule has 0 spiro atoms. The van der Waals surface area contributed by atoms with Crippen LogP contribution >= 0.6 is 0 Å². The Balaban J connectivity index is 3.81. The Kier molecular flexibility index (Phi) is 6.38. The second-order valence-corrected chi connectivity index (χ2v) is 3.51. The summed E-state index contributed by atoms with van der Waals surface area (Å²) in [5, 5.41) is 17.0. The Morgan fingerprint density at radius 1 is 1.08 bits per heavy atom. The molecule has 0 aliphatic carbocycles. The van der Waals surface area contributed by atoms with Gasteiger partial charge < -0.3 is 14.7 Å². The lowest BCUT2D eigenvalue weighted by Gasteiger charge is -2.30. The van der Waals surface area contributed by atoms with E-state index in [0.717, 1.165) is 25.7 Å². The fraction of sp³-hybridized carbons (Fsp3) is 1.00. The van der Waals surface area contributed by atoms with Gasteiger partial charge in [0.1, 0.15) is 0 Å². The molecule has 0 rings (SSSR count). The lowest BCUT2D eigenvalue weighted by Crippen LogP contribution is -2.24. The summed E-state index contributed by atoms with van der Waals surface area (Å²) >= 11 is 0. The van der Waals surface area contributed by atoms with Gasteiger partial charge in [-0.2, -0.15) is 0 Å². The van der Waals surface area contributed by atoms with E-state index in [4.69, 9.17) is 14.7 Å². The first-order valence-electron chi connectivity index (χ1n) is 5.08. The van der Waals surface area contributed by atoms with Gasteiger partial charge in [0.2, 0.25) is 0 Å². The molecule has 0 aromatic carbocycles. The molecule has 0 bridgehead atoms. The zero-order chi connectivity index (χ0) is 10.3. The van der Waals surface area contributed by atoms with Crippen molar-refractivity contribution in [3.63, 3.8) is 0 Å². The molecule has 0 aromatic heterocycles. The molecule has 0 saturated carbocycles. The Labute approximate surface area is 81.3 Å². The van der Waals surface area contributed by atoms with Crippen molar-refractivity contribution in [3.05, 3.63) is 0 Å². The van der Waals surface area contributed by atoms with Crippen LogP contribution in [0, 0.1) is 5.41 Å². The summed E-state index contributed by atoms with van der Waals surface area (Å²) in [5.41, 5.74) is 0.314. The highest BCUT2D eigenvalue weighted by molar-refractivity contribution is 6.32. The van der Waals surface area contributed by atoms with E-state index in [-0.39, 0.29) is 0 Å². The van der Waals surface area contributed by atoms with Crippen molar-refractivity contribution in [2.24, 2.45) is 5.41 Å². The third kappa shape index (κ3) is 4.65. The van der Waals surface area contributed by atoms with Gasteiger partial charge in [-0.1, -0.05) is 40.0 Å². The fourth-order valence-electron chi connectivity index (χ4n) is 1.66. The van der Waals surface area contributed by atoms with Crippen LogP contribution in [0.15, 0.2) is 0 Å². The largest absolute Gasteiger partial charge is 0.633 e. The fourth-order valence-corrected chi connectivity index (χ4v) is 1.66. The third-order valence-electron chi connectivity index (χ3n) is 3.15. The van der Waals surface area contributed by atoms with E-state index in [1.807, 2.05) is 0 Å². The van der Waals surface area contributed by atoms with Gasteiger partial charge in [0, 0.05) is 6.61 Å². The monoisotopic (exact) mass is 188 g/mol. The molecule has 0 unspecified atom stereocenters. The van der Waals surface area contributed by atoms with E-state index in [1.54, 1.807) is 0 Å². The highest BCUT2D eigenvalue weighted by atomic mass is 16.6. The molecule has 0 aliphatic rings. The summed E-state index contributed by atoms with van der Waals surface area (Å²) in [5.74, 6) is 0. The van der Waals surface area contributed by atoms with Crippen LogP contribution in [-0.4, -0.2) is 24.0 Å². The highest BCUT2D eigenvalue weighted by Gasteiger charge is 2.24. The van der Waals surface area contributed by atoms with Gasteiger partial charge in [-0.05, 0) is 11.8 Å². The van der Waals surface area contributed by atoms with Crippen molar-refractivity contribution < 1.29 is 14.7 Å². The predicted molar refractivity (Wildman–Crippen MR) is 54.1 cm³/mol. The normalized spacial score (nSPS) is 11.8. The number of hydrogen-bond acceptors (Lipinski definition) is 3. The van der Waals surface area contributed by atoms with Crippen molar-refractivity contribution in [3.8, 4) is 0 Å². The maximum atomic E-state index is 8.50. The maximum Gasteiger partial charge on any atom is 0.633 e. The van der Waals surface area contributed by atoms with E-state index in [9.17, 15) is 0 Å². The summed E-state index contributed by atoms with van der Waals surface area (Å²) < 4.78 is 4.71. The first kappa shape index (κ1) is 12.9. The molecule has 0 aromatic rings. The van der Waals surface area contributed by atoms with Gasteiger partial charge in [-0.15, -0.1) is 0 Å². The van der Waals surface area contributed by atoms with Crippen LogP contribution in [0.4, 0.5) is 0 Å². The maximum absolute atomic E-state index is 8.50. The van der Waals surface area contributed by atoms with Crippen molar-refractivity contribution in [2.75, 3.05) is 6.61 Å². The average Bonchev–Trinajstić information content (AvgIpc) is 2.13. The molecule has 2 N–H and O–H groups in total. The molecule has 0 aliphatic heterocycles. The van der Waals surface area contributed by atoms with Crippen molar-refractivity contribution in [1.29, 1.82) is 0 Å². The van der Waals surface area contributed by atoms with Crippen molar-refractivity contribution in [1.82, 2.24) is 0 Å². The molecule has 0 heterocycles. The number of hydrogen-bond donors (Lipinski definition) is 2. The minimum absolute atomic E-state index is 0.314. The Morgan fingerprint density at radius 3 is 1.85 bits per heavy atom. The smallest absolute Gasteiger partial charge is 0.402 e. The molecule has 4 heteroatoms. The van der Waals surface area contributed by atoms with Crippen LogP contribution < -0.4 is 0 Å². The third-order valence-corrected chi connectivity index (χ3v) is 3.15. The second-order valence-electron chi connectivity index (χ2n) is 3.51. The molecular weight excluding hydrogens is 167 g/mol. The molecule has 0 radical (unpaired) electrons. The Bertz CT molecular complexity index is 116. The lowest BCUT2D eigenvalue weighted by atomic mass is 9.77. The van der Waals surface area contributed by atoms with Crippen LogP contribution in [0.25, 0.3) is 0 Å². The first-order chi connectivity index (χ1) is 6.10. The number of rotatable bonds is 7. The molecule has 0 fully saturated rings. The Hall–Kier alpha value is -0.0551. The zero-order valence-electron chi connectivity index (χ0n) is 8.92. The van der Waals surface area contributed by atoms with Crippen molar-refractivity contribution >= 4 is 7.32 Å². The van der Waals surface area contributed by atoms with Gasteiger partial charge >= 0.3 is 7.32 Å². The molecular formula is C9H21BO3. The summed E-state index contributed by atoms with van der Waals surface area (Å²) in [6, 6.07) is 0. The minimum Gasteiger partial charge on any atom is -0.402 e. The summed E-state index contributed by atoms with van der Waals surface area (Å²) in [6.45, 7) is 6.93. The Morgan fingerprint density at radius 2 is 1.54 bits per heavy atom. The quantitative estimate of drug-likeness (QED) is 0.596. The topological polar surface area (TPSA) is 49.7 Å². The van der Waals surface area contributed by atoms with Crippen LogP contribution in [-0.2, 0) is 4.65 Å². The average molecular weight is 188 g/mol. The molecule has 0 amide bonds. The summed E-state index contributed by atoms with van der Waals surface area (Å²) in [4.78, 5) is 0. The van der Waals surface area contributed by atoms with E-state index in [2.05, 4.69) is 20.8 Å². The predicted octanol–water partition coefficient (Wildman–Crippen LogP) is 1.58. The summed E-state index contributed by atoms with van der Waals surface area (Å²) in [7, 11) is -1.62. The second kappa shape index (κ2) is 6.41. The molecule has 0 saturated heterocycles. The van der Waals surface area contributed by atoms with E-state index < -0.39 is 7.32 Å². The van der Waals surface area contributed by atoms with Crippen LogP contribution in [0.2, 0.25) is 0 Å².